The molecule has 2 aromatic rings. The molecule has 0 aliphatic carbocycles. The monoisotopic (exact) mass is 555 g/mol. The van der Waals surface area contributed by atoms with Gasteiger partial charge in [0.15, 0.2) is 0 Å². The van der Waals surface area contributed by atoms with Crippen molar-refractivity contribution in [2.45, 2.75) is 63.7 Å². The molecule has 9 N–H and O–H groups in total. The summed E-state index contributed by atoms with van der Waals surface area (Å²) in [5.74, 6) is -4.31. The molecule has 0 radical (unpaired) electrons. The van der Waals surface area contributed by atoms with Crippen LogP contribution in [0.2, 0.25) is 0 Å². The van der Waals surface area contributed by atoms with Gasteiger partial charge in [-0.15, -0.1) is 0 Å². The van der Waals surface area contributed by atoms with Crippen molar-refractivity contribution in [1.29, 1.82) is 0 Å². The molecule has 4 amide bonds. The third-order valence-corrected chi connectivity index (χ3v) is 6.24. The van der Waals surface area contributed by atoms with E-state index in [9.17, 15) is 34.2 Å². The van der Waals surface area contributed by atoms with Crippen molar-refractivity contribution >= 4 is 29.6 Å². The minimum atomic E-state index is -1.41. The van der Waals surface area contributed by atoms with Gasteiger partial charge in [0.25, 0.3) is 0 Å². The number of hydrogen-bond acceptors (Lipinski definition) is 7. The lowest BCUT2D eigenvalue weighted by molar-refractivity contribution is -0.142. The maximum atomic E-state index is 13.5. The Morgan fingerprint density at radius 2 is 1.23 bits per heavy atom. The van der Waals surface area contributed by atoms with Crippen LogP contribution < -0.4 is 27.4 Å². The predicted molar refractivity (Wildman–Crippen MR) is 147 cm³/mol. The van der Waals surface area contributed by atoms with E-state index in [2.05, 4.69) is 16.0 Å². The summed E-state index contributed by atoms with van der Waals surface area (Å²) in [4.78, 5) is 62.4. The van der Waals surface area contributed by atoms with Crippen LogP contribution in [-0.4, -0.2) is 64.0 Å². The molecule has 2 aromatic carbocycles. The van der Waals surface area contributed by atoms with Crippen LogP contribution in [0.25, 0.3) is 0 Å². The summed E-state index contributed by atoms with van der Waals surface area (Å²) in [5.41, 5.74) is 12.4. The van der Waals surface area contributed by atoms with E-state index in [4.69, 9.17) is 11.5 Å². The molecule has 4 atom stereocenters. The largest absolute Gasteiger partial charge is 0.508 e. The lowest BCUT2D eigenvalue weighted by atomic mass is 10.0. The number of carboxylic acid groups (broad SMARTS) is 1. The van der Waals surface area contributed by atoms with E-state index in [-0.39, 0.29) is 37.4 Å². The van der Waals surface area contributed by atoms with Crippen molar-refractivity contribution in [3.63, 3.8) is 0 Å². The summed E-state index contributed by atoms with van der Waals surface area (Å²) in [7, 11) is 0. The number of nitrogens with two attached hydrogens (primary N) is 2. The van der Waals surface area contributed by atoms with Gasteiger partial charge in [0, 0.05) is 19.3 Å². The molecular formula is C28H37N5O7. The van der Waals surface area contributed by atoms with Gasteiger partial charge in [0.2, 0.25) is 23.6 Å². The van der Waals surface area contributed by atoms with Crippen LogP contribution in [0.4, 0.5) is 0 Å². The number of benzene rings is 2. The van der Waals surface area contributed by atoms with Crippen LogP contribution in [0.15, 0.2) is 54.6 Å². The van der Waals surface area contributed by atoms with Crippen molar-refractivity contribution in [2.75, 3.05) is 0 Å². The summed E-state index contributed by atoms with van der Waals surface area (Å²) in [5, 5.41) is 26.8. The number of phenolic OH excluding ortho intramolecular Hbond substituents is 1. The van der Waals surface area contributed by atoms with E-state index in [1.807, 2.05) is 0 Å². The number of carbonyl (C=O) groups excluding carboxylic acids is 4. The Hall–Kier alpha value is -4.45. The molecule has 0 aliphatic rings. The zero-order valence-corrected chi connectivity index (χ0v) is 22.5. The second kappa shape index (κ2) is 15.2. The van der Waals surface area contributed by atoms with Crippen LogP contribution in [0, 0.1) is 5.92 Å². The fraction of sp³-hybridized carbons (Fsp3) is 0.393. The minimum Gasteiger partial charge on any atom is -0.508 e. The fourth-order valence-electron chi connectivity index (χ4n) is 3.80. The summed E-state index contributed by atoms with van der Waals surface area (Å²) in [6.07, 6.45) is -0.441. The number of aromatic hydroxyl groups is 1. The van der Waals surface area contributed by atoms with E-state index in [0.717, 1.165) is 0 Å². The molecule has 2 rings (SSSR count). The minimum absolute atomic E-state index is 0.0198. The number of aliphatic carboxylic acids is 1. The highest BCUT2D eigenvalue weighted by Crippen LogP contribution is 2.13. The Morgan fingerprint density at radius 1 is 0.750 bits per heavy atom. The third-order valence-electron chi connectivity index (χ3n) is 6.24. The van der Waals surface area contributed by atoms with E-state index in [1.165, 1.54) is 12.1 Å². The highest BCUT2D eigenvalue weighted by molar-refractivity contribution is 5.94. The number of carbonyl (C=O) groups is 5. The molecule has 0 heterocycles. The highest BCUT2D eigenvalue weighted by Gasteiger charge is 2.31. The molecule has 4 unspecified atom stereocenters. The van der Waals surface area contributed by atoms with Gasteiger partial charge in [-0.05, 0) is 35.6 Å². The van der Waals surface area contributed by atoms with Gasteiger partial charge in [0.05, 0.1) is 6.04 Å². The van der Waals surface area contributed by atoms with Gasteiger partial charge in [-0.25, -0.2) is 4.79 Å². The lowest BCUT2D eigenvalue weighted by Crippen LogP contribution is -2.58. The van der Waals surface area contributed by atoms with Gasteiger partial charge in [-0.3, -0.25) is 19.2 Å². The maximum Gasteiger partial charge on any atom is 0.326 e. The van der Waals surface area contributed by atoms with Gasteiger partial charge < -0.3 is 37.6 Å². The van der Waals surface area contributed by atoms with Crippen molar-refractivity contribution in [2.24, 2.45) is 17.4 Å². The van der Waals surface area contributed by atoms with Gasteiger partial charge in [0.1, 0.15) is 23.9 Å². The van der Waals surface area contributed by atoms with Gasteiger partial charge in [-0.1, -0.05) is 56.3 Å². The second-order valence-electron chi connectivity index (χ2n) is 9.86. The fourth-order valence-corrected chi connectivity index (χ4v) is 3.80. The molecule has 0 saturated heterocycles. The Morgan fingerprint density at radius 3 is 1.70 bits per heavy atom. The Balaban J connectivity index is 2.32. The Bertz CT molecular complexity index is 1170. The third kappa shape index (κ3) is 10.4. The number of phenols is 1. The standard InChI is InChI=1S/C28H37N5O7/c1-16(2)24(30)27(38)33-22(15-18-8-10-19(34)11-9-18)26(37)32-21(14-17-6-4-3-5-7-17)25(36)31-20(28(39)40)12-13-23(29)35/h3-11,16,20-22,24,34H,12-15,30H2,1-2H3,(H2,29,35)(H,31,36)(H,32,37)(H,33,38)(H,39,40). The molecular weight excluding hydrogens is 518 g/mol. The molecule has 0 fully saturated rings. The summed E-state index contributed by atoms with van der Waals surface area (Å²) >= 11 is 0. The van der Waals surface area contributed by atoms with E-state index in [0.29, 0.717) is 11.1 Å². The van der Waals surface area contributed by atoms with E-state index in [1.54, 1.807) is 56.3 Å². The SMILES string of the molecule is CC(C)C(N)C(=O)NC(Cc1ccc(O)cc1)C(=O)NC(Cc1ccccc1)C(=O)NC(CCC(N)=O)C(=O)O. The molecule has 0 saturated carbocycles. The van der Waals surface area contributed by atoms with Gasteiger partial charge in [-0.2, -0.15) is 0 Å². The predicted octanol–water partition coefficient (Wildman–Crippen LogP) is -0.0348. The molecule has 0 aromatic heterocycles. The van der Waals surface area contributed by atoms with E-state index < -0.39 is 53.8 Å². The first-order chi connectivity index (χ1) is 18.9. The molecule has 12 heteroatoms. The van der Waals surface area contributed by atoms with Crippen molar-refractivity contribution in [3.05, 3.63) is 65.7 Å². The van der Waals surface area contributed by atoms with Crippen molar-refractivity contribution < 1.29 is 34.2 Å². The van der Waals surface area contributed by atoms with Crippen LogP contribution in [0.3, 0.4) is 0 Å². The number of hydrogen-bond donors (Lipinski definition) is 7. The zero-order valence-electron chi connectivity index (χ0n) is 22.5. The first-order valence-corrected chi connectivity index (χ1v) is 12.9. The molecule has 40 heavy (non-hydrogen) atoms. The number of primary amides is 1. The van der Waals surface area contributed by atoms with Crippen LogP contribution >= 0.6 is 0 Å². The van der Waals surface area contributed by atoms with Gasteiger partial charge >= 0.3 is 5.97 Å². The second-order valence-corrected chi connectivity index (χ2v) is 9.86. The molecule has 0 aliphatic heterocycles. The molecule has 0 spiro atoms. The van der Waals surface area contributed by atoms with Crippen LogP contribution in [-0.2, 0) is 36.8 Å². The summed E-state index contributed by atoms with van der Waals surface area (Å²) in [6, 6.07) is 10.2. The zero-order chi connectivity index (χ0) is 29.8. The normalized spacial score (nSPS) is 13.9. The van der Waals surface area contributed by atoms with Crippen molar-refractivity contribution in [1.82, 2.24) is 16.0 Å². The summed E-state index contributed by atoms with van der Waals surface area (Å²) < 4.78 is 0. The molecule has 12 nitrogen and oxygen atoms in total. The average Bonchev–Trinajstić information content (AvgIpc) is 2.90. The number of rotatable bonds is 15. The number of nitrogens with one attached hydrogen (secondary N) is 3. The lowest BCUT2D eigenvalue weighted by Gasteiger charge is -2.26. The van der Waals surface area contributed by atoms with E-state index >= 15 is 0 Å². The highest BCUT2D eigenvalue weighted by atomic mass is 16.4. The smallest absolute Gasteiger partial charge is 0.326 e. The Labute approximate surface area is 232 Å². The first-order valence-electron chi connectivity index (χ1n) is 12.9. The topological polar surface area (TPSA) is 214 Å². The Kier molecular flexibility index (Phi) is 12.1. The molecule has 0 bridgehead atoms. The average molecular weight is 556 g/mol. The first kappa shape index (κ1) is 31.8. The quantitative estimate of drug-likeness (QED) is 0.158. The number of carboxylic acids is 1. The number of amides is 4. The van der Waals surface area contributed by atoms with Crippen molar-refractivity contribution in [3.8, 4) is 5.75 Å². The van der Waals surface area contributed by atoms with Crippen LogP contribution in [0.5, 0.6) is 5.75 Å². The summed E-state index contributed by atoms with van der Waals surface area (Å²) in [6.45, 7) is 3.52. The molecule has 216 valence electrons. The maximum absolute atomic E-state index is 13.5. The van der Waals surface area contributed by atoms with Crippen LogP contribution in [0.1, 0.15) is 37.8 Å².